The van der Waals surface area contributed by atoms with Gasteiger partial charge in [0, 0.05) is 25.6 Å². The monoisotopic (exact) mass is 353 g/mol. The maximum absolute atomic E-state index is 10.4. The third-order valence-corrected chi connectivity index (χ3v) is 5.51. The predicted octanol–water partition coefficient (Wildman–Crippen LogP) is 3.09. The second-order valence-corrected chi connectivity index (χ2v) is 7.25. The molecule has 0 amide bonds. The lowest BCUT2D eigenvalue weighted by Gasteiger charge is -2.33. The molecule has 0 spiro atoms. The van der Waals surface area contributed by atoms with E-state index in [9.17, 15) is 5.11 Å². The van der Waals surface area contributed by atoms with E-state index in [2.05, 4.69) is 53.4 Å². The number of morpholine rings is 1. The van der Waals surface area contributed by atoms with Gasteiger partial charge >= 0.3 is 0 Å². The molecule has 3 atom stereocenters. The van der Waals surface area contributed by atoms with Gasteiger partial charge in [-0.2, -0.15) is 0 Å². The van der Waals surface area contributed by atoms with Crippen LogP contribution in [0.1, 0.15) is 18.4 Å². The Morgan fingerprint density at radius 2 is 1.62 bits per heavy atom. The van der Waals surface area contributed by atoms with E-state index >= 15 is 0 Å². The molecule has 2 aliphatic rings. The average molecular weight is 353 g/mol. The van der Waals surface area contributed by atoms with Crippen LogP contribution in [0.3, 0.4) is 0 Å². The molecule has 4 nitrogen and oxygen atoms in total. The number of aliphatic hydroxyl groups excluding tert-OH is 1. The van der Waals surface area contributed by atoms with Crippen molar-refractivity contribution in [3.63, 3.8) is 0 Å². The predicted molar refractivity (Wildman–Crippen MR) is 102 cm³/mol. The quantitative estimate of drug-likeness (QED) is 0.897. The fraction of sp³-hybridized carbons (Fsp3) is 0.455. The Labute approximate surface area is 155 Å². The van der Waals surface area contributed by atoms with Crippen molar-refractivity contribution in [3.8, 4) is 11.1 Å². The smallest absolute Gasteiger partial charge is 0.0721 e. The number of benzene rings is 2. The van der Waals surface area contributed by atoms with Crippen LogP contribution in [0, 0.1) is 0 Å². The molecule has 1 saturated carbocycles. The molecule has 1 saturated heterocycles. The zero-order valence-corrected chi connectivity index (χ0v) is 15.1. The summed E-state index contributed by atoms with van der Waals surface area (Å²) >= 11 is 0. The summed E-state index contributed by atoms with van der Waals surface area (Å²) in [6.07, 6.45) is 1.47. The van der Waals surface area contributed by atoms with Gasteiger partial charge in [-0.1, -0.05) is 54.6 Å². The van der Waals surface area contributed by atoms with E-state index < -0.39 is 0 Å². The lowest BCUT2D eigenvalue weighted by molar-refractivity contribution is -0.0121. The molecule has 2 aromatic rings. The molecule has 4 rings (SSSR count). The highest BCUT2D eigenvalue weighted by Gasteiger charge is 2.37. The molecular weight excluding hydrogens is 326 g/mol. The van der Waals surface area contributed by atoms with Gasteiger partial charge in [-0.05, 0) is 23.1 Å². The van der Waals surface area contributed by atoms with Crippen LogP contribution in [0.25, 0.3) is 11.1 Å². The maximum atomic E-state index is 10.4. The van der Waals surface area contributed by atoms with Gasteiger partial charge in [0.15, 0.2) is 0 Å². The van der Waals surface area contributed by atoms with E-state index in [0.717, 1.165) is 39.1 Å². The molecule has 1 N–H and O–H groups in total. The van der Waals surface area contributed by atoms with Crippen molar-refractivity contribution in [2.24, 2.45) is 0 Å². The Bertz CT molecular complexity index is 682. The maximum Gasteiger partial charge on any atom is 0.0721 e. The van der Waals surface area contributed by atoms with Crippen LogP contribution < -0.4 is 0 Å². The molecule has 0 unspecified atom stereocenters. The van der Waals surface area contributed by atoms with Crippen LogP contribution >= 0.6 is 0 Å². The average Bonchev–Trinajstić information content (AvgIpc) is 3.09. The summed E-state index contributed by atoms with van der Waals surface area (Å²) in [5, 5.41) is 10.4. The summed E-state index contributed by atoms with van der Waals surface area (Å²) in [6, 6.07) is 19.2. The van der Waals surface area contributed by atoms with Crippen LogP contribution in [0.4, 0.5) is 0 Å². The number of rotatable bonds is 5. The number of hydrogen-bond acceptors (Lipinski definition) is 4. The zero-order chi connectivity index (χ0) is 17.8. The fourth-order valence-electron chi connectivity index (χ4n) is 4.02. The van der Waals surface area contributed by atoms with Crippen molar-refractivity contribution < 1.29 is 14.6 Å². The first-order valence-electron chi connectivity index (χ1n) is 9.55. The van der Waals surface area contributed by atoms with Gasteiger partial charge in [0.2, 0.25) is 0 Å². The molecule has 26 heavy (non-hydrogen) atoms. The minimum Gasteiger partial charge on any atom is -0.391 e. The lowest BCUT2D eigenvalue weighted by atomic mass is 10.0. The second-order valence-electron chi connectivity index (χ2n) is 7.25. The SMILES string of the molecule is O[C@H]1C[C@@H](OCc2ccc(-c3ccccc3)cc2)C[C@@H]1N1CCOCC1. The Morgan fingerprint density at radius 3 is 2.35 bits per heavy atom. The first-order chi connectivity index (χ1) is 12.8. The molecule has 0 aromatic heterocycles. The van der Waals surface area contributed by atoms with Crippen molar-refractivity contribution in [1.29, 1.82) is 0 Å². The largest absolute Gasteiger partial charge is 0.391 e. The van der Waals surface area contributed by atoms with Gasteiger partial charge in [0.05, 0.1) is 32.0 Å². The number of aliphatic hydroxyl groups is 1. The summed E-state index contributed by atoms with van der Waals surface area (Å²) in [5.74, 6) is 0. The summed E-state index contributed by atoms with van der Waals surface area (Å²) in [4.78, 5) is 2.35. The van der Waals surface area contributed by atoms with E-state index in [1.807, 2.05) is 6.07 Å². The minimum atomic E-state index is -0.293. The molecule has 1 aliphatic heterocycles. The van der Waals surface area contributed by atoms with Crippen molar-refractivity contribution in [3.05, 3.63) is 60.2 Å². The molecule has 2 aromatic carbocycles. The van der Waals surface area contributed by atoms with Crippen LogP contribution in [0.5, 0.6) is 0 Å². The highest BCUT2D eigenvalue weighted by molar-refractivity contribution is 5.63. The van der Waals surface area contributed by atoms with Crippen molar-refractivity contribution in [1.82, 2.24) is 4.90 Å². The molecule has 0 radical (unpaired) electrons. The lowest BCUT2D eigenvalue weighted by Crippen LogP contribution is -2.46. The van der Waals surface area contributed by atoms with Crippen molar-refractivity contribution in [2.75, 3.05) is 26.3 Å². The van der Waals surface area contributed by atoms with Gasteiger partial charge in [-0.3, -0.25) is 4.90 Å². The van der Waals surface area contributed by atoms with Crippen LogP contribution in [0.15, 0.2) is 54.6 Å². The second kappa shape index (κ2) is 8.31. The molecule has 2 fully saturated rings. The highest BCUT2D eigenvalue weighted by Crippen LogP contribution is 2.28. The summed E-state index contributed by atoms with van der Waals surface area (Å²) in [7, 11) is 0. The Morgan fingerprint density at radius 1 is 0.923 bits per heavy atom. The van der Waals surface area contributed by atoms with Crippen LogP contribution in [0.2, 0.25) is 0 Å². The van der Waals surface area contributed by atoms with Crippen molar-refractivity contribution >= 4 is 0 Å². The molecular formula is C22H27NO3. The standard InChI is InChI=1S/C22H27NO3/c24-22-15-20(14-21(22)23-10-12-25-13-11-23)26-16-17-6-8-19(9-7-17)18-4-2-1-3-5-18/h1-9,20-22,24H,10-16H2/t20-,21-,22-/m0/s1. The first-order valence-corrected chi connectivity index (χ1v) is 9.55. The summed E-state index contributed by atoms with van der Waals surface area (Å²) < 4.78 is 11.5. The summed E-state index contributed by atoms with van der Waals surface area (Å²) in [6.45, 7) is 3.96. The normalized spacial score (nSPS) is 26.9. The van der Waals surface area contributed by atoms with Crippen LogP contribution in [-0.2, 0) is 16.1 Å². The van der Waals surface area contributed by atoms with E-state index in [0.29, 0.717) is 6.61 Å². The third kappa shape index (κ3) is 4.15. The van der Waals surface area contributed by atoms with E-state index in [-0.39, 0.29) is 18.2 Å². The fourth-order valence-corrected chi connectivity index (χ4v) is 4.02. The number of hydrogen-bond donors (Lipinski definition) is 1. The minimum absolute atomic E-state index is 0.131. The molecule has 0 bridgehead atoms. The number of nitrogens with zero attached hydrogens (tertiary/aromatic N) is 1. The Balaban J connectivity index is 1.30. The summed E-state index contributed by atoms with van der Waals surface area (Å²) in [5.41, 5.74) is 3.62. The Hall–Kier alpha value is -1.72. The van der Waals surface area contributed by atoms with Crippen LogP contribution in [-0.4, -0.2) is 54.6 Å². The van der Waals surface area contributed by atoms with E-state index in [1.54, 1.807) is 0 Å². The van der Waals surface area contributed by atoms with E-state index in [4.69, 9.17) is 9.47 Å². The molecule has 1 aliphatic carbocycles. The third-order valence-electron chi connectivity index (χ3n) is 5.51. The van der Waals surface area contributed by atoms with Crippen molar-refractivity contribution in [2.45, 2.75) is 37.7 Å². The van der Waals surface area contributed by atoms with Gasteiger partial charge < -0.3 is 14.6 Å². The topological polar surface area (TPSA) is 41.9 Å². The first kappa shape index (κ1) is 17.7. The Kier molecular flexibility index (Phi) is 5.65. The van der Waals surface area contributed by atoms with Gasteiger partial charge in [-0.25, -0.2) is 0 Å². The highest BCUT2D eigenvalue weighted by atomic mass is 16.5. The number of ether oxygens (including phenoxy) is 2. The van der Waals surface area contributed by atoms with E-state index in [1.165, 1.54) is 16.7 Å². The van der Waals surface area contributed by atoms with Gasteiger partial charge in [-0.15, -0.1) is 0 Å². The van der Waals surface area contributed by atoms with Gasteiger partial charge in [0.1, 0.15) is 0 Å². The molecule has 4 heteroatoms. The van der Waals surface area contributed by atoms with Gasteiger partial charge in [0.25, 0.3) is 0 Å². The molecule has 138 valence electrons. The molecule has 1 heterocycles. The zero-order valence-electron chi connectivity index (χ0n) is 15.1.